The zero-order chi connectivity index (χ0) is 10.6. The maximum Gasteiger partial charge on any atom is 0.222 e. The summed E-state index contributed by atoms with van der Waals surface area (Å²) in [5.74, 6) is 0.875. The molecule has 3 nitrogen and oxygen atoms in total. The van der Waals surface area contributed by atoms with Crippen molar-refractivity contribution in [1.82, 2.24) is 4.90 Å². The number of carbonyl (C=O) groups is 1. The fraction of sp³-hybridized carbons (Fsp3) is 0.909. The highest BCUT2D eigenvalue weighted by Gasteiger charge is 2.26. The summed E-state index contributed by atoms with van der Waals surface area (Å²) in [5.41, 5.74) is 5.94. The lowest BCUT2D eigenvalue weighted by Gasteiger charge is -2.36. The number of nitrogens with zero attached hydrogens (tertiary/aromatic N) is 1. The van der Waals surface area contributed by atoms with Gasteiger partial charge in [0.25, 0.3) is 0 Å². The van der Waals surface area contributed by atoms with Crippen molar-refractivity contribution in [3.8, 4) is 0 Å². The van der Waals surface area contributed by atoms with Crippen LogP contribution in [-0.2, 0) is 4.79 Å². The predicted octanol–water partition coefficient (Wildman–Crippen LogP) is 1.37. The van der Waals surface area contributed by atoms with E-state index >= 15 is 0 Å². The first-order valence-corrected chi connectivity index (χ1v) is 5.70. The summed E-state index contributed by atoms with van der Waals surface area (Å²) in [6.45, 7) is 5.78. The van der Waals surface area contributed by atoms with Crippen molar-refractivity contribution in [3.05, 3.63) is 0 Å². The van der Waals surface area contributed by atoms with Crippen molar-refractivity contribution in [3.63, 3.8) is 0 Å². The zero-order valence-corrected chi connectivity index (χ0v) is 9.33. The van der Waals surface area contributed by atoms with Crippen LogP contribution in [0.15, 0.2) is 0 Å². The lowest BCUT2D eigenvalue weighted by molar-refractivity contribution is -0.133. The van der Waals surface area contributed by atoms with Gasteiger partial charge in [0.15, 0.2) is 0 Å². The van der Waals surface area contributed by atoms with Crippen LogP contribution in [0, 0.1) is 5.92 Å². The largest absolute Gasteiger partial charge is 0.341 e. The van der Waals surface area contributed by atoms with Gasteiger partial charge < -0.3 is 10.6 Å². The third-order valence-electron chi connectivity index (χ3n) is 2.92. The first-order valence-electron chi connectivity index (χ1n) is 5.70. The van der Waals surface area contributed by atoms with Gasteiger partial charge in [0.2, 0.25) is 5.91 Å². The van der Waals surface area contributed by atoms with Crippen LogP contribution in [0.4, 0.5) is 0 Å². The fourth-order valence-corrected chi connectivity index (χ4v) is 2.29. The van der Waals surface area contributed by atoms with Gasteiger partial charge in [0.1, 0.15) is 0 Å². The topological polar surface area (TPSA) is 46.3 Å². The smallest absolute Gasteiger partial charge is 0.222 e. The molecule has 1 aliphatic heterocycles. The van der Waals surface area contributed by atoms with Gasteiger partial charge in [-0.25, -0.2) is 0 Å². The van der Waals surface area contributed by atoms with E-state index in [9.17, 15) is 4.79 Å². The SMILES string of the molecule is CCCC1CC(N)CN(C(=O)CC)C1. The Balaban J connectivity index is 2.49. The highest BCUT2D eigenvalue weighted by molar-refractivity contribution is 5.75. The van der Waals surface area contributed by atoms with Crippen molar-refractivity contribution >= 4 is 5.91 Å². The number of likely N-dealkylation sites (tertiary alicyclic amines) is 1. The molecule has 1 fully saturated rings. The molecule has 1 saturated heterocycles. The van der Waals surface area contributed by atoms with Gasteiger partial charge in [0.05, 0.1) is 0 Å². The quantitative estimate of drug-likeness (QED) is 0.744. The van der Waals surface area contributed by atoms with Crippen molar-refractivity contribution in [2.24, 2.45) is 11.7 Å². The van der Waals surface area contributed by atoms with E-state index < -0.39 is 0 Å². The molecule has 0 aromatic carbocycles. The van der Waals surface area contributed by atoms with Crippen LogP contribution >= 0.6 is 0 Å². The Morgan fingerprint density at radius 2 is 2.14 bits per heavy atom. The van der Waals surface area contributed by atoms with E-state index in [1.54, 1.807) is 0 Å². The maximum absolute atomic E-state index is 11.5. The number of piperidine rings is 1. The van der Waals surface area contributed by atoms with Crippen molar-refractivity contribution in [1.29, 1.82) is 0 Å². The minimum atomic E-state index is 0.191. The molecular weight excluding hydrogens is 176 g/mol. The second-order valence-electron chi connectivity index (χ2n) is 4.30. The lowest BCUT2D eigenvalue weighted by atomic mass is 9.91. The van der Waals surface area contributed by atoms with Crippen LogP contribution in [0.2, 0.25) is 0 Å². The first-order chi connectivity index (χ1) is 6.67. The monoisotopic (exact) mass is 198 g/mol. The number of rotatable bonds is 3. The summed E-state index contributed by atoms with van der Waals surface area (Å²) in [6.07, 6.45) is 4.07. The van der Waals surface area contributed by atoms with Gasteiger partial charge in [-0.15, -0.1) is 0 Å². The van der Waals surface area contributed by atoms with Gasteiger partial charge in [-0.3, -0.25) is 4.79 Å². The molecule has 1 heterocycles. The van der Waals surface area contributed by atoms with Crippen LogP contribution in [0.25, 0.3) is 0 Å². The van der Waals surface area contributed by atoms with Gasteiger partial charge in [0, 0.05) is 25.6 Å². The van der Waals surface area contributed by atoms with Gasteiger partial charge >= 0.3 is 0 Å². The average molecular weight is 198 g/mol. The Bertz CT molecular complexity index is 194. The molecule has 0 aliphatic carbocycles. The van der Waals surface area contributed by atoms with E-state index in [0.29, 0.717) is 12.3 Å². The van der Waals surface area contributed by atoms with Gasteiger partial charge in [-0.05, 0) is 18.8 Å². The summed E-state index contributed by atoms with van der Waals surface area (Å²) in [5, 5.41) is 0. The predicted molar refractivity (Wildman–Crippen MR) is 57.9 cm³/mol. The number of nitrogens with two attached hydrogens (primary N) is 1. The molecule has 82 valence electrons. The standard InChI is InChI=1S/C11H22N2O/c1-3-5-9-6-10(12)8-13(7-9)11(14)4-2/h9-10H,3-8,12H2,1-2H3. The van der Waals surface area contributed by atoms with Crippen molar-refractivity contribution in [2.45, 2.75) is 45.6 Å². The molecule has 1 amide bonds. The number of hydrogen-bond donors (Lipinski definition) is 1. The molecule has 2 unspecified atom stereocenters. The Morgan fingerprint density at radius 1 is 1.43 bits per heavy atom. The minimum absolute atomic E-state index is 0.191. The third kappa shape index (κ3) is 2.98. The van der Waals surface area contributed by atoms with Crippen molar-refractivity contribution in [2.75, 3.05) is 13.1 Å². The van der Waals surface area contributed by atoms with E-state index in [1.165, 1.54) is 12.8 Å². The molecule has 0 aromatic rings. The molecule has 2 N–H and O–H groups in total. The maximum atomic E-state index is 11.5. The van der Waals surface area contributed by atoms with E-state index in [1.807, 2.05) is 11.8 Å². The Hall–Kier alpha value is -0.570. The molecule has 0 saturated carbocycles. The molecular formula is C11H22N2O. The van der Waals surface area contributed by atoms with Crippen molar-refractivity contribution < 1.29 is 4.79 Å². The van der Waals surface area contributed by atoms with Crippen LogP contribution in [0.1, 0.15) is 39.5 Å². The van der Waals surface area contributed by atoms with Crippen LogP contribution in [-0.4, -0.2) is 29.9 Å². The molecule has 0 aromatic heterocycles. The summed E-state index contributed by atoms with van der Waals surface area (Å²) < 4.78 is 0. The Labute approximate surface area is 86.6 Å². The number of amides is 1. The molecule has 0 bridgehead atoms. The summed E-state index contributed by atoms with van der Waals surface area (Å²) in [7, 11) is 0. The van der Waals surface area contributed by atoms with E-state index in [0.717, 1.165) is 19.5 Å². The van der Waals surface area contributed by atoms with Gasteiger partial charge in [-0.1, -0.05) is 20.3 Å². The van der Waals surface area contributed by atoms with E-state index in [-0.39, 0.29) is 11.9 Å². The fourth-order valence-electron chi connectivity index (χ4n) is 2.29. The summed E-state index contributed by atoms with van der Waals surface area (Å²) in [4.78, 5) is 13.5. The molecule has 0 radical (unpaired) electrons. The highest BCUT2D eigenvalue weighted by Crippen LogP contribution is 2.20. The van der Waals surface area contributed by atoms with Crippen LogP contribution in [0.5, 0.6) is 0 Å². The molecule has 1 aliphatic rings. The van der Waals surface area contributed by atoms with E-state index in [4.69, 9.17) is 5.73 Å². The molecule has 0 spiro atoms. The van der Waals surface area contributed by atoms with Crippen LogP contribution < -0.4 is 5.73 Å². The van der Waals surface area contributed by atoms with Gasteiger partial charge in [-0.2, -0.15) is 0 Å². The second kappa shape index (κ2) is 5.35. The first kappa shape index (κ1) is 11.5. The number of hydrogen-bond acceptors (Lipinski definition) is 2. The third-order valence-corrected chi connectivity index (χ3v) is 2.92. The second-order valence-corrected chi connectivity index (χ2v) is 4.30. The Morgan fingerprint density at radius 3 is 2.71 bits per heavy atom. The lowest BCUT2D eigenvalue weighted by Crippen LogP contribution is -2.49. The normalized spacial score (nSPS) is 27.8. The molecule has 3 heteroatoms. The molecule has 14 heavy (non-hydrogen) atoms. The van der Waals surface area contributed by atoms with E-state index in [2.05, 4.69) is 6.92 Å². The average Bonchev–Trinajstić information content (AvgIpc) is 2.16. The zero-order valence-electron chi connectivity index (χ0n) is 9.33. The van der Waals surface area contributed by atoms with Crippen LogP contribution in [0.3, 0.4) is 0 Å². The highest BCUT2D eigenvalue weighted by atomic mass is 16.2. The number of carbonyl (C=O) groups excluding carboxylic acids is 1. The summed E-state index contributed by atoms with van der Waals surface area (Å²) >= 11 is 0. The molecule has 2 atom stereocenters. The minimum Gasteiger partial charge on any atom is -0.341 e. The Kier molecular flexibility index (Phi) is 4.39. The summed E-state index contributed by atoms with van der Waals surface area (Å²) in [6, 6.07) is 0.191. The molecule has 1 rings (SSSR count).